The number of methoxy groups -OCH3 is 1. The van der Waals surface area contributed by atoms with Crippen molar-refractivity contribution >= 4 is 30.2 Å². The summed E-state index contributed by atoms with van der Waals surface area (Å²) < 4.78 is 10.5. The van der Waals surface area contributed by atoms with Crippen LogP contribution >= 0.6 is 12.4 Å². The highest BCUT2D eigenvalue weighted by molar-refractivity contribution is 6.03. The Kier molecular flexibility index (Phi) is 5.14. The lowest BCUT2D eigenvalue weighted by Crippen LogP contribution is -2.33. The number of ether oxygens (including phenoxy) is 2. The lowest BCUT2D eigenvalue weighted by molar-refractivity contribution is -0.141. The van der Waals surface area contributed by atoms with E-state index in [0.717, 1.165) is 25.7 Å². The summed E-state index contributed by atoms with van der Waals surface area (Å²) in [6.45, 7) is 1.65. The van der Waals surface area contributed by atoms with Gasteiger partial charge >= 0.3 is 5.97 Å². The molecule has 0 radical (unpaired) electrons. The number of hydrogen-bond acceptors (Lipinski definition) is 6. The summed E-state index contributed by atoms with van der Waals surface area (Å²) in [5.74, 6) is -0.498. The van der Waals surface area contributed by atoms with Crippen LogP contribution in [0, 0.1) is 11.8 Å². The molecule has 2 amide bonds. The fourth-order valence-corrected chi connectivity index (χ4v) is 4.99. The third-order valence-corrected chi connectivity index (χ3v) is 6.54. The van der Waals surface area contributed by atoms with Gasteiger partial charge in [-0.25, -0.2) is 4.98 Å². The van der Waals surface area contributed by atoms with Gasteiger partial charge in [0, 0.05) is 25.0 Å². The Hall–Kier alpha value is -2.35. The SMILES string of the molecule is COc1nc2c(cc1C(=O)N1C[C@@H]3COC(=O)[C@@H]3C1)C(=O)N(C1CCCC1)C2.Cl. The number of halogens is 1. The Labute approximate surface area is 174 Å². The van der Waals surface area contributed by atoms with Crippen molar-refractivity contribution in [3.05, 3.63) is 22.9 Å². The topological polar surface area (TPSA) is 89.0 Å². The van der Waals surface area contributed by atoms with Crippen LogP contribution < -0.4 is 4.74 Å². The molecule has 0 N–H and O–H groups in total. The number of carbonyl (C=O) groups excluding carboxylic acids is 3. The number of fused-ring (bicyclic) bond motifs is 2. The number of amides is 2. The van der Waals surface area contributed by atoms with Crippen molar-refractivity contribution in [1.82, 2.24) is 14.8 Å². The summed E-state index contributed by atoms with van der Waals surface area (Å²) in [7, 11) is 1.48. The second-order valence-corrected chi connectivity index (χ2v) is 8.12. The highest BCUT2D eigenvalue weighted by atomic mass is 35.5. The van der Waals surface area contributed by atoms with E-state index >= 15 is 0 Å². The number of esters is 1. The molecule has 0 aromatic carbocycles. The molecule has 156 valence electrons. The van der Waals surface area contributed by atoms with Crippen molar-refractivity contribution in [2.24, 2.45) is 11.8 Å². The average molecular weight is 422 g/mol. The molecule has 4 heterocycles. The number of cyclic esters (lactones) is 1. The van der Waals surface area contributed by atoms with Crippen LogP contribution in [0.25, 0.3) is 0 Å². The number of aromatic nitrogens is 1. The van der Waals surface area contributed by atoms with Crippen LogP contribution in [0.5, 0.6) is 5.88 Å². The summed E-state index contributed by atoms with van der Waals surface area (Å²) in [6.07, 6.45) is 4.33. The van der Waals surface area contributed by atoms with Crippen LogP contribution in [-0.2, 0) is 16.1 Å². The predicted molar refractivity (Wildman–Crippen MR) is 104 cm³/mol. The molecule has 1 aromatic heterocycles. The van der Waals surface area contributed by atoms with Crippen LogP contribution in [0.4, 0.5) is 0 Å². The van der Waals surface area contributed by atoms with E-state index in [1.807, 2.05) is 4.90 Å². The van der Waals surface area contributed by atoms with Crippen LogP contribution in [0.2, 0.25) is 0 Å². The minimum Gasteiger partial charge on any atom is -0.480 e. The quantitative estimate of drug-likeness (QED) is 0.689. The minimum atomic E-state index is -0.253. The smallest absolute Gasteiger partial charge is 0.311 e. The van der Waals surface area contributed by atoms with Crippen LogP contribution in [0.3, 0.4) is 0 Å². The maximum absolute atomic E-state index is 13.1. The fourth-order valence-electron chi connectivity index (χ4n) is 4.99. The van der Waals surface area contributed by atoms with Gasteiger partial charge in [0.2, 0.25) is 5.88 Å². The number of carbonyl (C=O) groups is 3. The molecular formula is C20H24ClN3O5. The van der Waals surface area contributed by atoms with Crippen LogP contribution in [0.1, 0.15) is 52.1 Å². The standard InChI is InChI=1S/C20H23N3O5.ClH/c1-27-17-14(18(24)22-7-11-10-28-20(26)15(11)8-22)6-13-16(21-17)9-23(19(13)25)12-4-2-3-5-12;/h6,11-12,15H,2-5,7-10H2,1H3;1H/t11-,15-;/m1./s1. The number of rotatable bonds is 3. The van der Waals surface area contributed by atoms with E-state index in [0.29, 0.717) is 37.5 Å². The van der Waals surface area contributed by atoms with Gasteiger partial charge < -0.3 is 19.3 Å². The first-order valence-electron chi connectivity index (χ1n) is 9.91. The number of likely N-dealkylation sites (tertiary alicyclic amines) is 1. The van der Waals surface area contributed by atoms with Crippen molar-refractivity contribution in [3.63, 3.8) is 0 Å². The molecule has 0 spiro atoms. The third kappa shape index (κ3) is 3.13. The Morgan fingerprint density at radius 2 is 2.00 bits per heavy atom. The van der Waals surface area contributed by atoms with Gasteiger partial charge in [-0.2, -0.15) is 0 Å². The fraction of sp³-hybridized carbons (Fsp3) is 0.600. The van der Waals surface area contributed by atoms with Crippen LogP contribution in [-0.4, -0.2) is 65.4 Å². The summed E-state index contributed by atoms with van der Waals surface area (Å²) in [4.78, 5) is 45.9. The molecule has 8 nitrogen and oxygen atoms in total. The van der Waals surface area contributed by atoms with Gasteiger partial charge in [-0.3, -0.25) is 14.4 Å². The Bertz CT molecular complexity index is 870. The zero-order valence-corrected chi connectivity index (χ0v) is 17.1. The molecule has 5 rings (SSSR count). The molecule has 1 aliphatic carbocycles. The van der Waals surface area contributed by atoms with E-state index in [1.54, 1.807) is 11.0 Å². The first-order chi connectivity index (χ1) is 13.6. The highest BCUT2D eigenvalue weighted by Crippen LogP contribution is 2.35. The first-order valence-corrected chi connectivity index (χ1v) is 9.91. The van der Waals surface area contributed by atoms with E-state index in [4.69, 9.17) is 9.47 Å². The van der Waals surface area contributed by atoms with Gasteiger partial charge in [0.25, 0.3) is 11.8 Å². The summed E-state index contributed by atoms with van der Waals surface area (Å²) >= 11 is 0. The van der Waals surface area contributed by atoms with E-state index < -0.39 is 0 Å². The molecule has 3 aliphatic heterocycles. The molecule has 29 heavy (non-hydrogen) atoms. The van der Waals surface area contributed by atoms with Gasteiger partial charge in [0.15, 0.2) is 0 Å². The number of nitrogens with zero attached hydrogens (tertiary/aromatic N) is 3. The van der Waals surface area contributed by atoms with Crippen molar-refractivity contribution < 1.29 is 23.9 Å². The molecule has 4 aliphatic rings. The second-order valence-electron chi connectivity index (χ2n) is 8.12. The minimum absolute atomic E-state index is 0. The third-order valence-electron chi connectivity index (χ3n) is 6.54. The molecule has 0 unspecified atom stereocenters. The van der Waals surface area contributed by atoms with Gasteiger partial charge in [-0.1, -0.05) is 12.8 Å². The molecule has 9 heteroatoms. The largest absolute Gasteiger partial charge is 0.480 e. The highest BCUT2D eigenvalue weighted by Gasteiger charge is 2.46. The van der Waals surface area contributed by atoms with E-state index in [1.165, 1.54) is 7.11 Å². The van der Waals surface area contributed by atoms with Crippen LogP contribution in [0.15, 0.2) is 6.07 Å². The van der Waals surface area contributed by atoms with Gasteiger partial charge in [-0.15, -0.1) is 12.4 Å². The van der Waals surface area contributed by atoms with Crippen molar-refractivity contribution in [2.75, 3.05) is 26.8 Å². The van der Waals surface area contributed by atoms with Gasteiger partial charge in [0.05, 0.1) is 37.4 Å². The zero-order chi connectivity index (χ0) is 19.4. The maximum Gasteiger partial charge on any atom is 0.311 e. The van der Waals surface area contributed by atoms with Gasteiger partial charge in [0.1, 0.15) is 5.56 Å². The lowest BCUT2D eigenvalue weighted by Gasteiger charge is -2.22. The van der Waals surface area contributed by atoms with Crippen molar-refractivity contribution in [1.29, 1.82) is 0 Å². The Morgan fingerprint density at radius 1 is 1.24 bits per heavy atom. The summed E-state index contributed by atoms with van der Waals surface area (Å²) in [5.41, 5.74) is 1.46. The number of hydrogen-bond donors (Lipinski definition) is 0. The lowest BCUT2D eigenvalue weighted by atomic mass is 10.0. The second kappa shape index (κ2) is 7.48. The molecule has 3 fully saturated rings. The molecule has 2 saturated heterocycles. The average Bonchev–Trinajstić information content (AvgIpc) is 3.47. The Morgan fingerprint density at radius 3 is 2.69 bits per heavy atom. The van der Waals surface area contributed by atoms with Crippen molar-refractivity contribution in [3.8, 4) is 5.88 Å². The van der Waals surface area contributed by atoms with E-state index in [-0.39, 0.29) is 59.5 Å². The molecule has 1 saturated carbocycles. The van der Waals surface area contributed by atoms with E-state index in [9.17, 15) is 14.4 Å². The van der Waals surface area contributed by atoms with Gasteiger partial charge in [-0.05, 0) is 18.9 Å². The van der Waals surface area contributed by atoms with Crippen molar-refractivity contribution in [2.45, 2.75) is 38.3 Å². The normalized spacial score (nSPS) is 25.7. The zero-order valence-electron chi connectivity index (χ0n) is 16.3. The molecule has 0 bridgehead atoms. The molecule has 1 aromatic rings. The Balaban J connectivity index is 0.00000205. The monoisotopic (exact) mass is 421 g/mol. The van der Waals surface area contributed by atoms with E-state index in [2.05, 4.69) is 4.98 Å². The summed E-state index contributed by atoms with van der Waals surface area (Å²) in [6, 6.07) is 1.89. The number of pyridine rings is 1. The first kappa shape index (κ1) is 19.9. The predicted octanol–water partition coefficient (Wildman–Crippen LogP) is 1.66. The maximum atomic E-state index is 13.1. The molecule has 2 atom stereocenters. The molecular weight excluding hydrogens is 398 g/mol. The summed E-state index contributed by atoms with van der Waals surface area (Å²) in [5, 5.41) is 0.